The third-order valence-corrected chi connectivity index (χ3v) is 2.86. The minimum atomic E-state index is 0.552. The van der Waals surface area contributed by atoms with Crippen LogP contribution in [0.2, 0.25) is 0 Å². The van der Waals surface area contributed by atoms with Crippen LogP contribution >= 0.6 is 31.9 Å². The summed E-state index contributed by atoms with van der Waals surface area (Å²) >= 11 is 7.02. The fourth-order valence-corrected chi connectivity index (χ4v) is 1.69. The SMILES string of the molecule is Br[C@@H]1CC[C@H](Br)NC1. The van der Waals surface area contributed by atoms with Crippen molar-refractivity contribution in [3.8, 4) is 0 Å². The highest BCUT2D eigenvalue weighted by molar-refractivity contribution is 9.10. The zero-order valence-electron chi connectivity index (χ0n) is 4.53. The molecule has 0 aliphatic carbocycles. The molecule has 0 aromatic heterocycles. The second kappa shape index (κ2) is 3.18. The zero-order chi connectivity index (χ0) is 5.98. The molecular formula is C5H9Br2N. The van der Waals surface area contributed by atoms with Crippen LogP contribution in [0.1, 0.15) is 12.8 Å². The van der Waals surface area contributed by atoms with Crippen LogP contribution in [0.25, 0.3) is 0 Å². The number of piperidine rings is 1. The maximum absolute atomic E-state index is 3.53. The molecule has 1 N–H and O–H groups in total. The third kappa shape index (κ3) is 2.03. The molecule has 3 heteroatoms. The molecule has 0 radical (unpaired) electrons. The van der Waals surface area contributed by atoms with E-state index < -0.39 is 0 Å². The predicted octanol–water partition coefficient (Wildman–Crippen LogP) is 1.85. The molecule has 1 aliphatic heterocycles. The lowest BCUT2D eigenvalue weighted by molar-refractivity contribution is 0.513. The Labute approximate surface area is 66.5 Å². The van der Waals surface area contributed by atoms with Crippen molar-refractivity contribution in [2.45, 2.75) is 22.6 Å². The largest absolute Gasteiger partial charge is 0.304 e. The van der Waals surface area contributed by atoms with Gasteiger partial charge < -0.3 is 5.32 Å². The Morgan fingerprint density at radius 1 is 1.25 bits per heavy atom. The molecule has 1 aliphatic rings. The molecule has 0 bridgehead atoms. The van der Waals surface area contributed by atoms with Crippen LogP contribution < -0.4 is 5.32 Å². The van der Waals surface area contributed by atoms with Gasteiger partial charge in [-0.3, -0.25) is 0 Å². The first kappa shape index (κ1) is 7.03. The van der Waals surface area contributed by atoms with Gasteiger partial charge in [0.05, 0.1) is 4.95 Å². The van der Waals surface area contributed by atoms with Crippen molar-refractivity contribution in [3.63, 3.8) is 0 Å². The first-order chi connectivity index (χ1) is 3.79. The van der Waals surface area contributed by atoms with Crippen LogP contribution in [0.15, 0.2) is 0 Å². The van der Waals surface area contributed by atoms with E-state index in [0.29, 0.717) is 9.78 Å². The molecule has 1 saturated heterocycles. The van der Waals surface area contributed by atoms with Crippen molar-refractivity contribution in [3.05, 3.63) is 0 Å². The summed E-state index contributed by atoms with van der Waals surface area (Å²) in [7, 11) is 0. The second-order valence-electron chi connectivity index (χ2n) is 2.05. The fourth-order valence-electron chi connectivity index (χ4n) is 0.787. The highest BCUT2D eigenvalue weighted by Crippen LogP contribution is 2.17. The van der Waals surface area contributed by atoms with Crippen LogP contribution in [-0.2, 0) is 0 Å². The van der Waals surface area contributed by atoms with Gasteiger partial charge in [-0.1, -0.05) is 31.9 Å². The van der Waals surface area contributed by atoms with E-state index in [1.807, 2.05) is 0 Å². The molecule has 8 heavy (non-hydrogen) atoms. The lowest BCUT2D eigenvalue weighted by Crippen LogP contribution is -2.35. The summed E-state index contributed by atoms with van der Waals surface area (Å²) in [6.07, 6.45) is 2.51. The van der Waals surface area contributed by atoms with Crippen molar-refractivity contribution in [2.75, 3.05) is 6.54 Å². The maximum Gasteiger partial charge on any atom is 0.0631 e. The fraction of sp³-hybridized carbons (Fsp3) is 1.00. The van der Waals surface area contributed by atoms with Gasteiger partial charge in [0.15, 0.2) is 0 Å². The van der Waals surface area contributed by atoms with Crippen LogP contribution in [0.5, 0.6) is 0 Å². The van der Waals surface area contributed by atoms with E-state index >= 15 is 0 Å². The highest BCUT2D eigenvalue weighted by atomic mass is 79.9. The molecule has 0 aromatic carbocycles. The van der Waals surface area contributed by atoms with Gasteiger partial charge in [-0.25, -0.2) is 0 Å². The Hall–Kier alpha value is 0.920. The standard InChI is InChI=1S/C5H9Br2N/c6-4-1-2-5(7)8-3-4/h4-5,8H,1-3H2/t4-,5-/m1/s1. The highest BCUT2D eigenvalue weighted by Gasteiger charge is 2.14. The summed E-state index contributed by atoms with van der Waals surface area (Å²) in [4.78, 5) is 1.24. The molecule has 0 aromatic rings. The van der Waals surface area contributed by atoms with Gasteiger partial charge in [-0.15, -0.1) is 0 Å². The van der Waals surface area contributed by atoms with Crippen molar-refractivity contribution < 1.29 is 0 Å². The normalized spacial score (nSPS) is 39.8. The van der Waals surface area contributed by atoms with E-state index in [0.717, 1.165) is 6.54 Å². The summed E-state index contributed by atoms with van der Waals surface area (Å²) in [5.41, 5.74) is 0. The molecule has 1 heterocycles. The van der Waals surface area contributed by atoms with Crippen LogP contribution in [0, 0.1) is 0 Å². The lowest BCUT2D eigenvalue weighted by Gasteiger charge is -2.21. The Morgan fingerprint density at radius 3 is 2.38 bits per heavy atom. The molecule has 48 valence electrons. The van der Waals surface area contributed by atoms with Gasteiger partial charge in [0, 0.05) is 11.4 Å². The first-order valence-electron chi connectivity index (χ1n) is 2.80. The van der Waals surface area contributed by atoms with Gasteiger partial charge in [-0.2, -0.15) is 0 Å². The summed E-state index contributed by atoms with van der Waals surface area (Å²) in [5.74, 6) is 0. The molecule has 1 rings (SSSR count). The van der Waals surface area contributed by atoms with Gasteiger partial charge in [0.1, 0.15) is 0 Å². The quantitative estimate of drug-likeness (QED) is 0.505. The van der Waals surface area contributed by atoms with Crippen molar-refractivity contribution >= 4 is 31.9 Å². The average molecular weight is 243 g/mol. The van der Waals surface area contributed by atoms with E-state index in [4.69, 9.17) is 0 Å². The van der Waals surface area contributed by atoms with Crippen LogP contribution in [0.3, 0.4) is 0 Å². The van der Waals surface area contributed by atoms with E-state index in [-0.39, 0.29) is 0 Å². The lowest BCUT2D eigenvalue weighted by atomic mass is 10.2. The number of alkyl halides is 2. The molecule has 0 saturated carbocycles. The molecule has 1 nitrogen and oxygen atoms in total. The molecule has 0 amide bonds. The molecule has 0 spiro atoms. The Balaban J connectivity index is 2.19. The van der Waals surface area contributed by atoms with E-state index in [1.54, 1.807) is 0 Å². The minimum Gasteiger partial charge on any atom is -0.304 e. The number of hydrogen-bond acceptors (Lipinski definition) is 1. The van der Waals surface area contributed by atoms with Crippen molar-refractivity contribution in [1.82, 2.24) is 5.32 Å². The van der Waals surface area contributed by atoms with E-state index in [9.17, 15) is 0 Å². The number of nitrogens with one attached hydrogen (secondary N) is 1. The van der Waals surface area contributed by atoms with Gasteiger partial charge in [-0.05, 0) is 12.8 Å². The monoisotopic (exact) mass is 241 g/mol. The molecule has 0 unspecified atom stereocenters. The molecular weight excluding hydrogens is 234 g/mol. The summed E-state index contributed by atoms with van der Waals surface area (Å²) < 4.78 is 0. The third-order valence-electron chi connectivity index (χ3n) is 1.29. The second-order valence-corrected chi connectivity index (χ2v) is 4.45. The smallest absolute Gasteiger partial charge is 0.0631 e. The topological polar surface area (TPSA) is 12.0 Å². The van der Waals surface area contributed by atoms with Gasteiger partial charge >= 0.3 is 0 Å². The van der Waals surface area contributed by atoms with Gasteiger partial charge in [0.2, 0.25) is 0 Å². The molecule has 2 atom stereocenters. The zero-order valence-corrected chi connectivity index (χ0v) is 7.70. The Morgan fingerprint density at radius 2 is 2.00 bits per heavy atom. The van der Waals surface area contributed by atoms with Crippen LogP contribution in [-0.4, -0.2) is 16.3 Å². The van der Waals surface area contributed by atoms with Crippen LogP contribution in [0.4, 0.5) is 0 Å². The summed E-state index contributed by atoms with van der Waals surface area (Å²) in [6, 6.07) is 0. The minimum absolute atomic E-state index is 0.552. The Bertz CT molecular complexity index is 58.8. The predicted molar refractivity (Wildman–Crippen MR) is 42.7 cm³/mol. The maximum atomic E-state index is 3.53. The number of rotatable bonds is 0. The van der Waals surface area contributed by atoms with Gasteiger partial charge in [0.25, 0.3) is 0 Å². The number of halogens is 2. The van der Waals surface area contributed by atoms with E-state index in [1.165, 1.54) is 12.8 Å². The van der Waals surface area contributed by atoms with Crippen molar-refractivity contribution in [2.24, 2.45) is 0 Å². The van der Waals surface area contributed by atoms with E-state index in [2.05, 4.69) is 37.2 Å². The summed E-state index contributed by atoms with van der Waals surface area (Å²) in [6.45, 7) is 1.09. The first-order valence-corrected chi connectivity index (χ1v) is 4.63. The Kier molecular flexibility index (Phi) is 2.80. The van der Waals surface area contributed by atoms with Crippen molar-refractivity contribution in [1.29, 1.82) is 0 Å². The summed E-state index contributed by atoms with van der Waals surface area (Å²) in [5, 5.41) is 3.30. The molecule has 1 fully saturated rings. The average Bonchev–Trinajstić information content (AvgIpc) is 1.77. The number of hydrogen-bond donors (Lipinski definition) is 1.